The Morgan fingerprint density at radius 2 is 1.93 bits per heavy atom. The van der Waals surface area contributed by atoms with Gasteiger partial charge in [-0.3, -0.25) is 9.59 Å². The third-order valence-corrected chi connectivity index (χ3v) is 4.99. The highest BCUT2D eigenvalue weighted by Gasteiger charge is 2.53. The van der Waals surface area contributed by atoms with Crippen LogP contribution >= 0.6 is 0 Å². The highest BCUT2D eigenvalue weighted by Crippen LogP contribution is 2.46. The standard InChI is InChI=1S/C21H20O7/c1-2-25-20(23)17-16(21(24)28-19(17)12-6-4-3-5-7-12)18(22)13-8-9-14-15(10-13)27-11-26-14/h3-10,16-19,22H,2,11H2,1H3/t16-,17+,18+,19+/m1/s1. The molecule has 0 aromatic heterocycles. The predicted octanol–water partition coefficient (Wildman–Crippen LogP) is 2.54. The predicted molar refractivity (Wildman–Crippen MR) is 96.4 cm³/mol. The van der Waals surface area contributed by atoms with Crippen molar-refractivity contribution < 1.29 is 33.6 Å². The van der Waals surface area contributed by atoms with Gasteiger partial charge in [-0.05, 0) is 30.2 Å². The Balaban J connectivity index is 1.69. The molecule has 146 valence electrons. The molecule has 4 atom stereocenters. The first-order valence-corrected chi connectivity index (χ1v) is 9.10. The molecule has 0 saturated carbocycles. The van der Waals surface area contributed by atoms with Crippen LogP contribution in [0.25, 0.3) is 0 Å². The fraction of sp³-hybridized carbons (Fsp3) is 0.333. The second-order valence-electron chi connectivity index (χ2n) is 6.63. The van der Waals surface area contributed by atoms with Crippen LogP contribution in [0.3, 0.4) is 0 Å². The molecule has 28 heavy (non-hydrogen) atoms. The van der Waals surface area contributed by atoms with E-state index in [0.717, 1.165) is 0 Å². The molecule has 1 fully saturated rings. The normalized spacial score (nSPS) is 23.9. The first kappa shape index (κ1) is 18.3. The van der Waals surface area contributed by atoms with Crippen molar-refractivity contribution in [1.29, 1.82) is 0 Å². The first-order chi connectivity index (χ1) is 13.6. The zero-order chi connectivity index (χ0) is 19.7. The Hall–Kier alpha value is -3.06. The van der Waals surface area contributed by atoms with Gasteiger partial charge in [0.05, 0.1) is 12.7 Å². The van der Waals surface area contributed by atoms with Gasteiger partial charge in [0.15, 0.2) is 11.5 Å². The summed E-state index contributed by atoms with van der Waals surface area (Å²) in [5.74, 6) is -2.23. The van der Waals surface area contributed by atoms with E-state index in [2.05, 4.69) is 0 Å². The highest BCUT2D eigenvalue weighted by atomic mass is 16.7. The summed E-state index contributed by atoms with van der Waals surface area (Å²) in [4.78, 5) is 25.4. The van der Waals surface area contributed by atoms with E-state index in [1.807, 2.05) is 6.07 Å². The largest absolute Gasteiger partial charge is 0.466 e. The molecule has 2 aliphatic rings. The SMILES string of the molecule is CCOC(=O)[C@H]1[C@H]([C@@H](O)c2ccc3c(c2)OCO3)C(=O)O[C@H]1c1ccccc1. The van der Waals surface area contributed by atoms with Gasteiger partial charge in [-0.25, -0.2) is 0 Å². The van der Waals surface area contributed by atoms with Crippen LogP contribution in [-0.4, -0.2) is 30.4 Å². The Bertz CT molecular complexity index is 880. The lowest BCUT2D eigenvalue weighted by Gasteiger charge is -2.23. The van der Waals surface area contributed by atoms with Gasteiger partial charge in [0.25, 0.3) is 0 Å². The third kappa shape index (κ3) is 3.18. The lowest BCUT2D eigenvalue weighted by Crippen LogP contribution is -2.32. The second-order valence-corrected chi connectivity index (χ2v) is 6.63. The van der Waals surface area contributed by atoms with Gasteiger partial charge in [0, 0.05) is 0 Å². The van der Waals surface area contributed by atoms with Gasteiger partial charge < -0.3 is 24.1 Å². The van der Waals surface area contributed by atoms with Gasteiger partial charge in [0.2, 0.25) is 6.79 Å². The average molecular weight is 384 g/mol. The van der Waals surface area contributed by atoms with E-state index in [-0.39, 0.29) is 13.4 Å². The molecule has 2 aromatic carbocycles. The van der Waals surface area contributed by atoms with Gasteiger partial charge in [0.1, 0.15) is 17.9 Å². The highest BCUT2D eigenvalue weighted by molar-refractivity contribution is 5.86. The summed E-state index contributed by atoms with van der Waals surface area (Å²) in [5, 5.41) is 11.0. The molecule has 1 N–H and O–H groups in total. The summed E-state index contributed by atoms with van der Waals surface area (Å²) < 4.78 is 21.3. The molecule has 0 amide bonds. The zero-order valence-corrected chi connectivity index (χ0v) is 15.2. The quantitative estimate of drug-likeness (QED) is 0.792. The Morgan fingerprint density at radius 1 is 1.18 bits per heavy atom. The number of carbonyl (C=O) groups excluding carboxylic acids is 2. The lowest BCUT2D eigenvalue weighted by molar-refractivity contribution is -0.153. The number of carbonyl (C=O) groups is 2. The summed E-state index contributed by atoms with van der Waals surface area (Å²) in [6.07, 6.45) is -2.08. The molecular formula is C21H20O7. The van der Waals surface area contributed by atoms with Crippen molar-refractivity contribution >= 4 is 11.9 Å². The number of hydrogen-bond acceptors (Lipinski definition) is 7. The van der Waals surface area contributed by atoms with Crippen LogP contribution in [0, 0.1) is 11.8 Å². The molecule has 0 spiro atoms. The fourth-order valence-electron chi connectivity index (χ4n) is 3.67. The fourth-order valence-corrected chi connectivity index (χ4v) is 3.67. The minimum Gasteiger partial charge on any atom is -0.466 e. The molecule has 0 aliphatic carbocycles. The zero-order valence-electron chi connectivity index (χ0n) is 15.2. The van der Waals surface area contributed by atoms with E-state index in [4.69, 9.17) is 18.9 Å². The molecule has 0 unspecified atom stereocenters. The summed E-state index contributed by atoms with van der Waals surface area (Å²) in [6, 6.07) is 13.9. The van der Waals surface area contributed by atoms with Gasteiger partial charge in [-0.15, -0.1) is 0 Å². The van der Waals surface area contributed by atoms with Crippen LogP contribution in [0.15, 0.2) is 48.5 Å². The minimum absolute atomic E-state index is 0.0991. The maximum absolute atomic E-state index is 12.7. The molecule has 0 bridgehead atoms. The Labute approximate surface area is 161 Å². The molecule has 7 heteroatoms. The first-order valence-electron chi connectivity index (χ1n) is 9.10. The number of cyclic esters (lactones) is 1. The average Bonchev–Trinajstić information content (AvgIpc) is 3.31. The second kappa shape index (κ2) is 7.52. The van der Waals surface area contributed by atoms with E-state index >= 15 is 0 Å². The topological polar surface area (TPSA) is 91.3 Å². The van der Waals surface area contributed by atoms with E-state index < -0.39 is 36.0 Å². The van der Waals surface area contributed by atoms with Crippen LogP contribution < -0.4 is 9.47 Å². The van der Waals surface area contributed by atoms with Gasteiger partial charge in [-0.1, -0.05) is 36.4 Å². The molecule has 2 heterocycles. The van der Waals surface area contributed by atoms with Crippen LogP contribution in [0.5, 0.6) is 11.5 Å². The van der Waals surface area contributed by atoms with Gasteiger partial charge in [-0.2, -0.15) is 0 Å². The molecular weight excluding hydrogens is 364 g/mol. The van der Waals surface area contributed by atoms with Crippen LogP contribution in [0.1, 0.15) is 30.3 Å². The van der Waals surface area contributed by atoms with Crippen molar-refractivity contribution in [2.75, 3.05) is 13.4 Å². The van der Waals surface area contributed by atoms with Crippen LogP contribution in [0.2, 0.25) is 0 Å². The summed E-state index contributed by atoms with van der Waals surface area (Å²) in [7, 11) is 0. The van der Waals surface area contributed by atoms with E-state index in [1.165, 1.54) is 0 Å². The lowest BCUT2D eigenvalue weighted by atomic mass is 9.81. The summed E-state index contributed by atoms with van der Waals surface area (Å²) >= 11 is 0. The summed E-state index contributed by atoms with van der Waals surface area (Å²) in [5.41, 5.74) is 1.11. The maximum Gasteiger partial charge on any atom is 0.314 e. The molecule has 4 rings (SSSR count). The van der Waals surface area contributed by atoms with Crippen molar-refractivity contribution in [2.24, 2.45) is 11.8 Å². The van der Waals surface area contributed by atoms with Gasteiger partial charge >= 0.3 is 11.9 Å². The van der Waals surface area contributed by atoms with E-state index in [9.17, 15) is 14.7 Å². The molecule has 2 aliphatic heterocycles. The third-order valence-electron chi connectivity index (χ3n) is 4.99. The van der Waals surface area contributed by atoms with Crippen molar-refractivity contribution in [3.8, 4) is 11.5 Å². The monoisotopic (exact) mass is 384 g/mol. The maximum atomic E-state index is 12.7. The smallest absolute Gasteiger partial charge is 0.314 e. The van der Waals surface area contributed by atoms with Crippen molar-refractivity contribution in [3.05, 3.63) is 59.7 Å². The Kier molecular flexibility index (Phi) is 4.92. The number of esters is 2. The number of aliphatic hydroxyl groups excluding tert-OH is 1. The number of aliphatic hydroxyl groups is 1. The van der Waals surface area contributed by atoms with Crippen LogP contribution in [0.4, 0.5) is 0 Å². The van der Waals surface area contributed by atoms with Crippen molar-refractivity contribution in [3.63, 3.8) is 0 Å². The molecule has 7 nitrogen and oxygen atoms in total. The van der Waals surface area contributed by atoms with Crippen molar-refractivity contribution in [1.82, 2.24) is 0 Å². The molecule has 0 radical (unpaired) electrons. The number of fused-ring (bicyclic) bond motifs is 1. The van der Waals surface area contributed by atoms with E-state index in [1.54, 1.807) is 49.4 Å². The molecule has 1 saturated heterocycles. The number of ether oxygens (including phenoxy) is 4. The summed E-state index contributed by atoms with van der Waals surface area (Å²) in [6.45, 7) is 1.95. The number of rotatable bonds is 5. The number of hydrogen-bond donors (Lipinski definition) is 1. The van der Waals surface area contributed by atoms with Crippen molar-refractivity contribution in [2.45, 2.75) is 19.1 Å². The minimum atomic E-state index is -1.26. The van der Waals surface area contributed by atoms with Crippen LogP contribution in [-0.2, 0) is 19.1 Å². The Morgan fingerprint density at radius 3 is 2.68 bits per heavy atom. The molecule has 2 aromatic rings. The number of benzene rings is 2. The van der Waals surface area contributed by atoms with E-state index in [0.29, 0.717) is 22.6 Å².